The van der Waals surface area contributed by atoms with Gasteiger partial charge in [0.1, 0.15) is 0 Å². The zero-order valence-electron chi connectivity index (χ0n) is 11.0. The van der Waals surface area contributed by atoms with Gasteiger partial charge in [-0.05, 0) is 43.9 Å². The van der Waals surface area contributed by atoms with Gasteiger partial charge in [-0.3, -0.25) is 0 Å². The number of fused-ring (bicyclic) bond motifs is 2. The molecule has 2 bridgehead atoms. The van der Waals surface area contributed by atoms with Crippen molar-refractivity contribution in [3.63, 3.8) is 0 Å². The lowest BCUT2D eigenvalue weighted by atomic mass is 9.51. The van der Waals surface area contributed by atoms with Gasteiger partial charge in [-0.25, -0.2) is 0 Å². The van der Waals surface area contributed by atoms with Crippen LogP contribution in [0.3, 0.4) is 0 Å². The summed E-state index contributed by atoms with van der Waals surface area (Å²) >= 11 is 0. The van der Waals surface area contributed by atoms with Crippen LogP contribution in [0.25, 0.3) is 0 Å². The van der Waals surface area contributed by atoms with Gasteiger partial charge in [0.25, 0.3) is 0 Å². The number of hydrogen-bond donors (Lipinski definition) is 2. The first-order valence-electron chi connectivity index (χ1n) is 7.09. The van der Waals surface area contributed by atoms with E-state index in [0.29, 0.717) is 24.5 Å². The fraction of sp³-hybridized carbons (Fsp3) is 1.00. The maximum absolute atomic E-state index is 10.9. The second-order valence-electron chi connectivity index (χ2n) is 6.83. The molecule has 3 fully saturated rings. The first kappa shape index (κ1) is 11.9. The van der Waals surface area contributed by atoms with E-state index < -0.39 is 5.60 Å². The molecule has 2 aliphatic heterocycles. The Morgan fingerprint density at radius 3 is 2.41 bits per heavy atom. The van der Waals surface area contributed by atoms with Crippen molar-refractivity contribution in [1.82, 2.24) is 0 Å². The lowest BCUT2D eigenvalue weighted by molar-refractivity contribution is -0.189. The van der Waals surface area contributed by atoms with Crippen LogP contribution in [0.4, 0.5) is 0 Å². The van der Waals surface area contributed by atoms with Crippen molar-refractivity contribution in [2.24, 2.45) is 23.0 Å². The molecular formula is C14H25NO2. The Hall–Kier alpha value is -0.120. The lowest BCUT2D eigenvalue weighted by Gasteiger charge is -2.57. The Morgan fingerprint density at radius 2 is 2.00 bits per heavy atom. The quantitative estimate of drug-likeness (QED) is 0.788. The van der Waals surface area contributed by atoms with Gasteiger partial charge in [0.2, 0.25) is 0 Å². The third kappa shape index (κ3) is 1.45. The van der Waals surface area contributed by atoms with Gasteiger partial charge in [0.15, 0.2) is 0 Å². The molecule has 0 radical (unpaired) electrons. The molecule has 3 rings (SSSR count). The van der Waals surface area contributed by atoms with E-state index in [9.17, 15) is 5.11 Å². The van der Waals surface area contributed by atoms with Crippen LogP contribution in [0.1, 0.15) is 46.0 Å². The third-order valence-corrected chi connectivity index (χ3v) is 5.75. The maximum atomic E-state index is 10.9. The van der Waals surface area contributed by atoms with E-state index in [4.69, 9.17) is 10.5 Å². The molecular weight excluding hydrogens is 214 g/mol. The molecule has 98 valence electrons. The van der Waals surface area contributed by atoms with Crippen LogP contribution < -0.4 is 5.73 Å². The van der Waals surface area contributed by atoms with Gasteiger partial charge in [-0.2, -0.15) is 0 Å². The summed E-state index contributed by atoms with van der Waals surface area (Å²) in [4.78, 5) is 0. The topological polar surface area (TPSA) is 55.5 Å². The number of aliphatic hydroxyl groups is 1. The second kappa shape index (κ2) is 3.69. The van der Waals surface area contributed by atoms with Gasteiger partial charge >= 0.3 is 0 Å². The van der Waals surface area contributed by atoms with Crippen molar-refractivity contribution < 1.29 is 9.84 Å². The molecule has 0 spiro atoms. The van der Waals surface area contributed by atoms with Crippen molar-refractivity contribution in [1.29, 1.82) is 0 Å². The molecule has 2 saturated heterocycles. The normalized spacial score (nSPS) is 53.1. The summed E-state index contributed by atoms with van der Waals surface area (Å²) in [6, 6.07) is 0. The largest absolute Gasteiger partial charge is 0.389 e. The fourth-order valence-electron chi connectivity index (χ4n) is 4.38. The minimum absolute atomic E-state index is 0.138. The summed E-state index contributed by atoms with van der Waals surface area (Å²) in [7, 11) is 0. The average Bonchev–Trinajstić information content (AvgIpc) is 2.84. The molecule has 3 N–H and O–H groups in total. The zero-order chi connectivity index (χ0) is 12.3. The van der Waals surface area contributed by atoms with Crippen LogP contribution in [0, 0.1) is 17.3 Å². The molecule has 0 amide bonds. The number of ether oxygens (including phenoxy) is 1. The number of hydrogen-bond acceptors (Lipinski definition) is 3. The van der Waals surface area contributed by atoms with Crippen molar-refractivity contribution >= 4 is 0 Å². The Balaban J connectivity index is 1.79. The first-order valence-corrected chi connectivity index (χ1v) is 7.09. The standard InChI is InChI=1S/C14H25NO2/c1-9(2)10-5-14(16,6-10)13(8-15)7-11-3-4-12(13)17-11/h9-12,16H,3-8,15H2,1-2H3. The van der Waals surface area contributed by atoms with Gasteiger partial charge in [-0.1, -0.05) is 13.8 Å². The van der Waals surface area contributed by atoms with Gasteiger partial charge < -0.3 is 15.6 Å². The second-order valence-corrected chi connectivity index (χ2v) is 6.83. The van der Waals surface area contributed by atoms with Crippen LogP contribution in [-0.2, 0) is 4.74 Å². The van der Waals surface area contributed by atoms with E-state index in [0.717, 1.165) is 32.1 Å². The molecule has 1 aliphatic carbocycles. The SMILES string of the molecule is CC(C)C1CC(O)(C2(CN)CC3CCC2O3)C1. The summed E-state index contributed by atoms with van der Waals surface area (Å²) in [5, 5.41) is 10.9. The van der Waals surface area contributed by atoms with Gasteiger partial charge in [0.05, 0.1) is 17.8 Å². The molecule has 3 unspecified atom stereocenters. The minimum Gasteiger partial charge on any atom is -0.389 e. The summed E-state index contributed by atoms with van der Waals surface area (Å²) in [5.41, 5.74) is 5.35. The molecule has 3 aliphatic rings. The summed E-state index contributed by atoms with van der Waals surface area (Å²) in [5.74, 6) is 1.34. The smallest absolute Gasteiger partial charge is 0.0747 e. The molecule has 2 heterocycles. The lowest BCUT2D eigenvalue weighted by Crippen LogP contribution is -2.64. The molecule has 3 atom stereocenters. The molecule has 0 aromatic carbocycles. The van der Waals surface area contributed by atoms with Gasteiger partial charge in [-0.15, -0.1) is 0 Å². The third-order valence-electron chi connectivity index (χ3n) is 5.75. The van der Waals surface area contributed by atoms with Gasteiger partial charge in [0, 0.05) is 12.0 Å². The molecule has 3 heteroatoms. The Labute approximate surface area is 104 Å². The number of nitrogens with two attached hydrogens (primary N) is 1. The molecule has 3 nitrogen and oxygen atoms in total. The molecule has 0 aromatic rings. The van der Waals surface area contributed by atoms with Crippen molar-refractivity contribution in [3.05, 3.63) is 0 Å². The average molecular weight is 239 g/mol. The van der Waals surface area contributed by atoms with E-state index in [1.165, 1.54) is 0 Å². The first-order chi connectivity index (χ1) is 8.01. The predicted molar refractivity (Wildman–Crippen MR) is 66.5 cm³/mol. The highest BCUT2D eigenvalue weighted by Crippen LogP contribution is 2.61. The maximum Gasteiger partial charge on any atom is 0.0747 e. The summed E-state index contributed by atoms with van der Waals surface area (Å²) in [6.07, 6.45) is 5.67. The van der Waals surface area contributed by atoms with Crippen molar-refractivity contribution in [2.75, 3.05) is 6.54 Å². The highest BCUT2D eigenvalue weighted by molar-refractivity contribution is 5.16. The molecule has 1 saturated carbocycles. The Morgan fingerprint density at radius 1 is 1.29 bits per heavy atom. The van der Waals surface area contributed by atoms with E-state index in [1.54, 1.807) is 0 Å². The molecule has 17 heavy (non-hydrogen) atoms. The van der Waals surface area contributed by atoms with Crippen molar-refractivity contribution in [3.8, 4) is 0 Å². The van der Waals surface area contributed by atoms with Crippen molar-refractivity contribution in [2.45, 2.75) is 63.8 Å². The fourth-order valence-corrected chi connectivity index (χ4v) is 4.38. The monoisotopic (exact) mass is 239 g/mol. The van der Waals surface area contributed by atoms with E-state index in [-0.39, 0.29) is 11.5 Å². The Kier molecular flexibility index (Phi) is 2.59. The Bertz CT molecular complexity index is 311. The van der Waals surface area contributed by atoms with Crippen LogP contribution >= 0.6 is 0 Å². The van der Waals surface area contributed by atoms with E-state index in [2.05, 4.69) is 13.8 Å². The highest BCUT2D eigenvalue weighted by Gasteiger charge is 2.65. The van der Waals surface area contributed by atoms with Crippen LogP contribution in [0.15, 0.2) is 0 Å². The minimum atomic E-state index is -0.545. The predicted octanol–water partition coefficient (Wildman–Crippen LogP) is 1.68. The zero-order valence-corrected chi connectivity index (χ0v) is 11.0. The summed E-state index contributed by atoms with van der Waals surface area (Å²) in [6.45, 7) is 5.07. The van der Waals surface area contributed by atoms with E-state index in [1.807, 2.05) is 0 Å². The molecule has 0 aromatic heterocycles. The summed E-state index contributed by atoms with van der Waals surface area (Å²) < 4.78 is 5.96. The van der Waals surface area contributed by atoms with E-state index >= 15 is 0 Å². The number of rotatable bonds is 3. The van der Waals surface area contributed by atoms with Crippen LogP contribution in [0.5, 0.6) is 0 Å². The van der Waals surface area contributed by atoms with Crippen LogP contribution in [-0.4, -0.2) is 29.5 Å². The van der Waals surface area contributed by atoms with Crippen LogP contribution in [0.2, 0.25) is 0 Å². The highest BCUT2D eigenvalue weighted by atomic mass is 16.5.